The van der Waals surface area contributed by atoms with Crippen LogP contribution in [0.25, 0.3) is 0 Å². The number of hydrazine groups is 1. The Kier molecular flexibility index (Phi) is 6.36. The van der Waals surface area contributed by atoms with E-state index in [2.05, 4.69) is 16.2 Å². The minimum Gasteiger partial charge on any atom is -0.484 e. The van der Waals surface area contributed by atoms with Crippen molar-refractivity contribution in [1.82, 2.24) is 10.9 Å². The fourth-order valence-corrected chi connectivity index (χ4v) is 2.30. The van der Waals surface area contributed by atoms with Crippen molar-refractivity contribution >= 4 is 28.9 Å². The minimum absolute atomic E-state index is 0.0956. The molecule has 0 spiro atoms. The van der Waals surface area contributed by atoms with Crippen LogP contribution in [0.3, 0.4) is 0 Å². The van der Waals surface area contributed by atoms with Crippen LogP contribution in [-0.2, 0) is 4.79 Å². The summed E-state index contributed by atoms with van der Waals surface area (Å²) in [4.78, 5) is 11.9. The highest BCUT2D eigenvalue weighted by Gasteiger charge is 2.06. The molecule has 1 amide bonds. The van der Waals surface area contributed by atoms with Gasteiger partial charge < -0.3 is 10.1 Å². The molecule has 0 radical (unpaired) electrons. The number of rotatable bonds is 4. The Morgan fingerprint density at radius 3 is 2.40 bits per heavy atom. The maximum Gasteiger partial charge on any atom is 0.276 e. The molecule has 0 atom stereocenters. The summed E-state index contributed by atoms with van der Waals surface area (Å²) in [7, 11) is 0. The number of carbonyl (C=O) groups is 1. The Morgan fingerprint density at radius 2 is 1.68 bits per heavy atom. The monoisotopic (exact) mass is 357 g/mol. The van der Waals surface area contributed by atoms with Gasteiger partial charge in [0.1, 0.15) is 5.75 Å². The molecule has 25 heavy (non-hydrogen) atoms. The van der Waals surface area contributed by atoms with Gasteiger partial charge in [-0.15, -0.1) is 0 Å². The summed E-state index contributed by atoms with van der Waals surface area (Å²) >= 11 is 5.19. The second kappa shape index (κ2) is 8.48. The third-order valence-electron chi connectivity index (χ3n) is 3.81. The third kappa shape index (κ3) is 5.76. The number of anilines is 1. The van der Waals surface area contributed by atoms with Crippen LogP contribution < -0.4 is 20.9 Å². The summed E-state index contributed by atoms with van der Waals surface area (Å²) in [6.07, 6.45) is 0. The van der Waals surface area contributed by atoms with E-state index < -0.39 is 0 Å². The molecule has 0 aromatic heterocycles. The zero-order valence-electron chi connectivity index (χ0n) is 14.9. The second-order valence-corrected chi connectivity index (χ2v) is 6.39. The molecule has 0 bridgehead atoms. The van der Waals surface area contributed by atoms with Crippen molar-refractivity contribution in [3.8, 4) is 5.75 Å². The van der Waals surface area contributed by atoms with Gasteiger partial charge in [-0.2, -0.15) is 0 Å². The zero-order valence-corrected chi connectivity index (χ0v) is 15.7. The third-order valence-corrected chi connectivity index (χ3v) is 4.01. The number of thiocarbonyl (C=S) groups is 1. The van der Waals surface area contributed by atoms with E-state index in [4.69, 9.17) is 17.0 Å². The fraction of sp³-hybridized carbons (Fsp3) is 0.263. The van der Waals surface area contributed by atoms with Crippen molar-refractivity contribution in [2.75, 3.05) is 11.9 Å². The Morgan fingerprint density at radius 1 is 0.960 bits per heavy atom. The van der Waals surface area contributed by atoms with Crippen LogP contribution >= 0.6 is 12.2 Å². The maximum atomic E-state index is 11.9. The van der Waals surface area contributed by atoms with Crippen molar-refractivity contribution in [2.45, 2.75) is 27.7 Å². The number of hydrogen-bond donors (Lipinski definition) is 3. The SMILES string of the molecule is Cc1ccc(C)c(NC(=S)NNC(=O)COc2ccc(C)c(C)c2)c1. The van der Waals surface area contributed by atoms with Gasteiger partial charge in [-0.05, 0) is 80.4 Å². The molecule has 132 valence electrons. The number of carbonyl (C=O) groups excluding carboxylic acids is 1. The number of aryl methyl sites for hydroxylation is 4. The van der Waals surface area contributed by atoms with E-state index >= 15 is 0 Å². The van der Waals surface area contributed by atoms with Gasteiger partial charge in [0.2, 0.25) is 0 Å². The number of amides is 1. The molecular formula is C19H23N3O2S. The summed E-state index contributed by atoms with van der Waals surface area (Å²) in [5.41, 5.74) is 10.6. The molecule has 6 heteroatoms. The predicted molar refractivity (Wildman–Crippen MR) is 105 cm³/mol. The standard InChI is InChI=1S/C19H23N3O2S/c1-12-5-6-14(3)17(9-12)20-19(25)22-21-18(23)11-24-16-8-7-13(2)15(4)10-16/h5-10H,11H2,1-4H3,(H,21,23)(H2,20,22,25). The quantitative estimate of drug-likeness (QED) is 0.579. The van der Waals surface area contributed by atoms with E-state index in [1.165, 1.54) is 5.56 Å². The first kappa shape index (κ1) is 18.7. The average molecular weight is 357 g/mol. The normalized spacial score (nSPS) is 10.1. The van der Waals surface area contributed by atoms with Gasteiger partial charge in [-0.25, -0.2) is 0 Å². The van der Waals surface area contributed by atoms with Crippen molar-refractivity contribution in [3.05, 3.63) is 58.7 Å². The predicted octanol–water partition coefficient (Wildman–Crippen LogP) is 3.32. The van der Waals surface area contributed by atoms with Gasteiger partial charge in [0.15, 0.2) is 11.7 Å². The lowest BCUT2D eigenvalue weighted by Crippen LogP contribution is -2.45. The Balaban J connectivity index is 1.78. The molecule has 2 aromatic rings. The lowest BCUT2D eigenvalue weighted by Gasteiger charge is -2.14. The number of benzene rings is 2. The average Bonchev–Trinajstić information content (AvgIpc) is 2.57. The molecule has 0 fully saturated rings. The number of nitrogens with one attached hydrogen (secondary N) is 3. The molecule has 0 saturated carbocycles. The van der Waals surface area contributed by atoms with Gasteiger partial charge in [-0.3, -0.25) is 15.6 Å². The molecule has 0 aliphatic heterocycles. The number of hydrogen-bond acceptors (Lipinski definition) is 3. The summed E-state index contributed by atoms with van der Waals surface area (Å²) in [5, 5.41) is 3.37. The lowest BCUT2D eigenvalue weighted by atomic mass is 10.1. The first-order valence-electron chi connectivity index (χ1n) is 7.98. The van der Waals surface area contributed by atoms with Crippen molar-refractivity contribution in [2.24, 2.45) is 0 Å². The van der Waals surface area contributed by atoms with E-state index in [9.17, 15) is 4.79 Å². The Labute approximate surface area is 153 Å². The van der Waals surface area contributed by atoms with E-state index in [-0.39, 0.29) is 12.5 Å². The first-order chi connectivity index (χ1) is 11.8. The minimum atomic E-state index is -0.316. The highest BCUT2D eigenvalue weighted by Crippen LogP contribution is 2.17. The summed E-state index contributed by atoms with van der Waals surface area (Å²) in [6.45, 7) is 7.93. The van der Waals surface area contributed by atoms with E-state index in [1.807, 2.05) is 64.1 Å². The van der Waals surface area contributed by atoms with E-state index in [0.29, 0.717) is 10.9 Å². The van der Waals surface area contributed by atoms with Crippen LogP contribution in [0.2, 0.25) is 0 Å². The molecule has 0 aliphatic carbocycles. The van der Waals surface area contributed by atoms with Crippen LogP contribution in [-0.4, -0.2) is 17.6 Å². The van der Waals surface area contributed by atoms with Gasteiger partial charge in [-0.1, -0.05) is 18.2 Å². The summed E-state index contributed by atoms with van der Waals surface area (Å²) in [5.74, 6) is 0.345. The highest BCUT2D eigenvalue weighted by atomic mass is 32.1. The molecule has 0 saturated heterocycles. The fourth-order valence-electron chi connectivity index (χ4n) is 2.14. The molecule has 0 aliphatic rings. The van der Waals surface area contributed by atoms with Gasteiger partial charge in [0, 0.05) is 5.69 Å². The van der Waals surface area contributed by atoms with Crippen LogP contribution in [0.15, 0.2) is 36.4 Å². The van der Waals surface area contributed by atoms with E-state index in [0.717, 1.165) is 22.4 Å². The molecule has 2 rings (SSSR count). The van der Waals surface area contributed by atoms with Crippen LogP contribution in [0, 0.1) is 27.7 Å². The van der Waals surface area contributed by atoms with Gasteiger partial charge in [0.05, 0.1) is 0 Å². The molecule has 3 N–H and O–H groups in total. The van der Waals surface area contributed by atoms with Crippen LogP contribution in [0.5, 0.6) is 5.75 Å². The topological polar surface area (TPSA) is 62.4 Å². The first-order valence-corrected chi connectivity index (χ1v) is 8.39. The second-order valence-electron chi connectivity index (χ2n) is 5.98. The smallest absolute Gasteiger partial charge is 0.276 e. The van der Waals surface area contributed by atoms with Crippen molar-refractivity contribution < 1.29 is 9.53 Å². The van der Waals surface area contributed by atoms with Crippen LogP contribution in [0.4, 0.5) is 5.69 Å². The zero-order chi connectivity index (χ0) is 18.4. The van der Waals surface area contributed by atoms with Gasteiger partial charge in [0.25, 0.3) is 5.91 Å². The maximum absolute atomic E-state index is 11.9. The van der Waals surface area contributed by atoms with Crippen LogP contribution in [0.1, 0.15) is 22.3 Å². The largest absolute Gasteiger partial charge is 0.484 e. The molecule has 2 aromatic carbocycles. The van der Waals surface area contributed by atoms with E-state index in [1.54, 1.807) is 0 Å². The van der Waals surface area contributed by atoms with Crippen molar-refractivity contribution in [3.63, 3.8) is 0 Å². The lowest BCUT2D eigenvalue weighted by molar-refractivity contribution is -0.123. The molecule has 0 heterocycles. The Bertz CT molecular complexity index is 790. The summed E-state index contributed by atoms with van der Waals surface area (Å²) < 4.78 is 5.47. The molecule has 0 unspecified atom stereocenters. The molecule has 5 nitrogen and oxygen atoms in total. The van der Waals surface area contributed by atoms with Gasteiger partial charge >= 0.3 is 0 Å². The van der Waals surface area contributed by atoms with Crippen molar-refractivity contribution in [1.29, 1.82) is 0 Å². The summed E-state index contributed by atoms with van der Waals surface area (Å²) in [6, 6.07) is 11.7. The number of ether oxygens (including phenoxy) is 1. The Hall–Kier alpha value is -2.60. The molecular weight excluding hydrogens is 334 g/mol. The highest BCUT2D eigenvalue weighted by molar-refractivity contribution is 7.80.